The molecule has 0 aliphatic carbocycles. The minimum atomic E-state index is -0.0911. The summed E-state index contributed by atoms with van der Waals surface area (Å²) in [7, 11) is 3.55. The second kappa shape index (κ2) is 5.97. The van der Waals surface area contributed by atoms with E-state index in [9.17, 15) is 4.79 Å². The monoisotopic (exact) mass is 252 g/mol. The molecule has 2 rings (SSSR count). The summed E-state index contributed by atoms with van der Waals surface area (Å²) >= 11 is 0. The van der Waals surface area contributed by atoms with Crippen LogP contribution < -0.4 is 10.6 Å². The summed E-state index contributed by atoms with van der Waals surface area (Å²) in [5.74, 6) is -0.0911. The normalized spacial score (nSPS) is 14.3. The Morgan fingerprint density at radius 2 is 2.44 bits per heavy atom. The van der Waals surface area contributed by atoms with E-state index >= 15 is 0 Å². The topological polar surface area (TPSA) is 68.2 Å². The maximum absolute atomic E-state index is 12.0. The van der Waals surface area contributed by atoms with Crippen LogP contribution in [0.1, 0.15) is 28.2 Å². The van der Waals surface area contributed by atoms with Gasteiger partial charge < -0.3 is 15.4 Å². The number of aryl methyl sites for hydroxylation is 1. The smallest absolute Gasteiger partial charge is 0.272 e. The molecule has 6 nitrogen and oxygen atoms in total. The van der Waals surface area contributed by atoms with Crippen LogP contribution in [0.15, 0.2) is 0 Å². The molecule has 0 spiro atoms. The van der Waals surface area contributed by atoms with Gasteiger partial charge in [-0.05, 0) is 6.42 Å². The molecule has 1 aliphatic rings. The fraction of sp³-hybridized carbons (Fsp3) is 0.667. The minimum Gasteiger partial charge on any atom is -0.385 e. The Bertz CT molecular complexity index is 428. The molecular formula is C12H20N4O2. The third-order valence-electron chi connectivity index (χ3n) is 3.14. The molecule has 0 aromatic carbocycles. The van der Waals surface area contributed by atoms with E-state index in [1.54, 1.807) is 7.11 Å². The number of hydrogen-bond acceptors (Lipinski definition) is 4. The van der Waals surface area contributed by atoms with Gasteiger partial charge in [0.1, 0.15) is 0 Å². The highest BCUT2D eigenvalue weighted by molar-refractivity contribution is 5.94. The molecule has 1 amide bonds. The molecule has 0 saturated carbocycles. The zero-order valence-corrected chi connectivity index (χ0v) is 11.0. The van der Waals surface area contributed by atoms with Crippen LogP contribution in [0.4, 0.5) is 0 Å². The second-order valence-corrected chi connectivity index (χ2v) is 4.43. The Balaban J connectivity index is 2.02. The number of aromatic nitrogens is 2. The maximum atomic E-state index is 12.0. The Morgan fingerprint density at radius 3 is 3.22 bits per heavy atom. The van der Waals surface area contributed by atoms with E-state index in [4.69, 9.17) is 4.74 Å². The first-order chi connectivity index (χ1) is 8.74. The Kier molecular flexibility index (Phi) is 4.33. The van der Waals surface area contributed by atoms with Crippen molar-refractivity contribution in [2.75, 3.05) is 26.8 Å². The number of ether oxygens (including phenoxy) is 1. The van der Waals surface area contributed by atoms with Crippen LogP contribution in [0.25, 0.3) is 0 Å². The van der Waals surface area contributed by atoms with E-state index in [0.717, 1.165) is 37.2 Å². The second-order valence-electron chi connectivity index (χ2n) is 4.43. The molecule has 0 atom stereocenters. The third-order valence-corrected chi connectivity index (χ3v) is 3.14. The van der Waals surface area contributed by atoms with Crippen LogP contribution >= 0.6 is 0 Å². The van der Waals surface area contributed by atoms with E-state index in [0.29, 0.717) is 18.8 Å². The van der Waals surface area contributed by atoms with Crippen molar-refractivity contribution in [3.8, 4) is 0 Å². The average molecular weight is 252 g/mol. The predicted octanol–water partition coefficient (Wildman–Crippen LogP) is -0.168. The maximum Gasteiger partial charge on any atom is 0.272 e. The van der Waals surface area contributed by atoms with E-state index in [2.05, 4.69) is 15.7 Å². The zero-order valence-electron chi connectivity index (χ0n) is 11.0. The molecule has 0 saturated heterocycles. The molecule has 0 radical (unpaired) electrons. The molecule has 2 heterocycles. The third kappa shape index (κ3) is 2.70. The molecule has 1 aromatic rings. The zero-order chi connectivity index (χ0) is 13.0. The summed E-state index contributed by atoms with van der Waals surface area (Å²) in [4.78, 5) is 12.0. The number of methoxy groups -OCH3 is 1. The Labute approximate surface area is 107 Å². The molecular weight excluding hydrogens is 232 g/mol. The van der Waals surface area contributed by atoms with Gasteiger partial charge in [-0.2, -0.15) is 5.10 Å². The molecule has 0 unspecified atom stereocenters. The van der Waals surface area contributed by atoms with Gasteiger partial charge in [-0.25, -0.2) is 0 Å². The van der Waals surface area contributed by atoms with E-state index in [1.165, 1.54) is 0 Å². The van der Waals surface area contributed by atoms with Crippen LogP contribution in [0.5, 0.6) is 0 Å². The van der Waals surface area contributed by atoms with Gasteiger partial charge in [0.25, 0.3) is 5.91 Å². The highest BCUT2D eigenvalue weighted by atomic mass is 16.5. The molecule has 1 aromatic heterocycles. The Morgan fingerprint density at radius 1 is 1.61 bits per heavy atom. The molecule has 6 heteroatoms. The van der Waals surface area contributed by atoms with Crippen LogP contribution in [-0.4, -0.2) is 42.5 Å². The average Bonchev–Trinajstić information content (AvgIpc) is 2.73. The van der Waals surface area contributed by atoms with Crippen molar-refractivity contribution >= 4 is 5.91 Å². The summed E-state index contributed by atoms with van der Waals surface area (Å²) < 4.78 is 6.76. The van der Waals surface area contributed by atoms with Crippen LogP contribution in [0.2, 0.25) is 0 Å². The van der Waals surface area contributed by atoms with Gasteiger partial charge in [0.2, 0.25) is 0 Å². The molecule has 0 fully saturated rings. The standard InChI is InChI=1S/C12H20N4O2/c1-16-10-4-6-13-8-9(10)11(15-16)12(17)14-5-3-7-18-2/h13H,3-8H2,1-2H3,(H,14,17). The van der Waals surface area contributed by atoms with Crippen molar-refractivity contribution in [3.63, 3.8) is 0 Å². The molecule has 2 N–H and O–H groups in total. The number of carbonyl (C=O) groups excluding carboxylic acids is 1. The number of amides is 1. The lowest BCUT2D eigenvalue weighted by Crippen LogP contribution is -2.29. The van der Waals surface area contributed by atoms with Gasteiger partial charge in [0.05, 0.1) is 0 Å². The van der Waals surface area contributed by atoms with Gasteiger partial charge in [0, 0.05) is 58.1 Å². The predicted molar refractivity (Wildman–Crippen MR) is 67.4 cm³/mol. The van der Waals surface area contributed by atoms with E-state index < -0.39 is 0 Å². The van der Waals surface area contributed by atoms with Crippen LogP contribution in [-0.2, 0) is 24.8 Å². The van der Waals surface area contributed by atoms with Gasteiger partial charge >= 0.3 is 0 Å². The van der Waals surface area contributed by atoms with Gasteiger partial charge in [-0.15, -0.1) is 0 Å². The number of fused-ring (bicyclic) bond motifs is 1. The van der Waals surface area contributed by atoms with Gasteiger partial charge in [-0.1, -0.05) is 0 Å². The van der Waals surface area contributed by atoms with Crippen molar-refractivity contribution in [2.24, 2.45) is 7.05 Å². The number of nitrogens with zero attached hydrogens (tertiary/aromatic N) is 2. The van der Waals surface area contributed by atoms with E-state index in [1.807, 2.05) is 11.7 Å². The lowest BCUT2D eigenvalue weighted by atomic mass is 10.1. The van der Waals surface area contributed by atoms with Crippen molar-refractivity contribution in [1.82, 2.24) is 20.4 Å². The molecule has 100 valence electrons. The van der Waals surface area contributed by atoms with Crippen molar-refractivity contribution in [2.45, 2.75) is 19.4 Å². The summed E-state index contributed by atoms with van der Waals surface area (Å²) in [6.07, 6.45) is 1.74. The summed E-state index contributed by atoms with van der Waals surface area (Å²) in [6.45, 7) is 2.94. The molecule has 1 aliphatic heterocycles. The first-order valence-electron chi connectivity index (χ1n) is 6.26. The summed E-state index contributed by atoms with van der Waals surface area (Å²) in [5, 5.41) is 10.5. The summed E-state index contributed by atoms with van der Waals surface area (Å²) in [6, 6.07) is 0. The number of hydrogen-bond donors (Lipinski definition) is 2. The lowest BCUT2D eigenvalue weighted by molar-refractivity contribution is 0.0942. The highest BCUT2D eigenvalue weighted by Crippen LogP contribution is 2.17. The summed E-state index contributed by atoms with van der Waals surface area (Å²) in [5.41, 5.74) is 2.75. The number of nitrogens with one attached hydrogen (secondary N) is 2. The number of carbonyl (C=O) groups is 1. The fourth-order valence-electron chi connectivity index (χ4n) is 2.21. The van der Waals surface area contributed by atoms with E-state index in [-0.39, 0.29) is 5.91 Å². The molecule has 0 bridgehead atoms. The largest absolute Gasteiger partial charge is 0.385 e. The van der Waals surface area contributed by atoms with Crippen molar-refractivity contribution in [3.05, 3.63) is 17.0 Å². The molecule has 18 heavy (non-hydrogen) atoms. The highest BCUT2D eigenvalue weighted by Gasteiger charge is 2.23. The van der Waals surface area contributed by atoms with Crippen LogP contribution in [0.3, 0.4) is 0 Å². The Hall–Kier alpha value is -1.40. The van der Waals surface area contributed by atoms with Crippen molar-refractivity contribution < 1.29 is 9.53 Å². The van der Waals surface area contributed by atoms with Gasteiger partial charge in [-0.3, -0.25) is 9.48 Å². The van der Waals surface area contributed by atoms with Crippen LogP contribution in [0, 0.1) is 0 Å². The SMILES string of the molecule is COCCCNC(=O)c1nn(C)c2c1CNCC2. The lowest BCUT2D eigenvalue weighted by Gasteiger charge is -2.14. The first kappa shape index (κ1) is 13.0. The minimum absolute atomic E-state index is 0.0911. The first-order valence-corrected chi connectivity index (χ1v) is 6.26. The van der Waals surface area contributed by atoms with Crippen molar-refractivity contribution in [1.29, 1.82) is 0 Å². The quantitative estimate of drug-likeness (QED) is 0.714. The van der Waals surface area contributed by atoms with Gasteiger partial charge in [0.15, 0.2) is 5.69 Å². The number of rotatable bonds is 5. The fourth-order valence-corrected chi connectivity index (χ4v) is 2.21.